The molecule has 0 saturated carbocycles. The molecule has 0 atom stereocenters. The van der Waals surface area contributed by atoms with Crippen LogP contribution in [-0.2, 0) is 9.59 Å². The molecule has 3 N–H and O–H groups in total. The number of hydrogen-bond acceptors (Lipinski definition) is 2. The first-order chi connectivity index (χ1) is 8.00. The molecule has 0 radical (unpaired) electrons. The summed E-state index contributed by atoms with van der Waals surface area (Å²) in [4.78, 5) is 21.7. The lowest BCUT2D eigenvalue weighted by atomic mass is 10.2. The SMILES string of the molecule is NC(=O)CNC(=O)/C=C/c1c(Cl)cccc1Cl. The summed E-state index contributed by atoms with van der Waals surface area (Å²) in [5, 5.41) is 3.19. The summed E-state index contributed by atoms with van der Waals surface area (Å²) >= 11 is 11.8. The number of carbonyl (C=O) groups excluding carboxylic acids is 2. The summed E-state index contributed by atoms with van der Waals surface area (Å²) in [6.45, 7) is -0.209. The number of hydrogen-bond donors (Lipinski definition) is 2. The molecule has 0 aliphatic heterocycles. The summed E-state index contributed by atoms with van der Waals surface area (Å²) in [6, 6.07) is 5.03. The Morgan fingerprint density at radius 1 is 1.29 bits per heavy atom. The molecule has 0 aliphatic rings. The van der Waals surface area contributed by atoms with Gasteiger partial charge in [-0.15, -0.1) is 0 Å². The summed E-state index contributed by atoms with van der Waals surface area (Å²) < 4.78 is 0. The Bertz CT molecular complexity index is 452. The number of nitrogens with one attached hydrogen (secondary N) is 1. The number of nitrogens with two attached hydrogens (primary N) is 1. The summed E-state index contributed by atoms with van der Waals surface area (Å²) in [5.74, 6) is -1.05. The maximum atomic E-state index is 11.3. The third kappa shape index (κ3) is 4.46. The smallest absolute Gasteiger partial charge is 0.244 e. The molecule has 0 aliphatic carbocycles. The van der Waals surface area contributed by atoms with Crippen molar-refractivity contribution in [1.82, 2.24) is 5.32 Å². The number of rotatable bonds is 4. The first-order valence-electron chi connectivity index (χ1n) is 4.69. The molecule has 0 unspecified atom stereocenters. The second-order valence-electron chi connectivity index (χ2n) is 3.15. The first-order valence-corrected chi connectivity index (χ1v) is 5.44. The van der Waals surface area contributed by atoms with Gasteiger partial charge in [-0.05, 0) is 18.2 Å². The molecule has 4 nitrogen and oxygen atoms in total. The van der Waals surface area contributed by atoms with Gasteiger partial charge in [-0.3, -0.25) is 9.59 Å². The molecule has 1 rings (SSSR count). The maximum absolute atomic E-state index is 11.3. The normalized spacial score (nSPS) is 10.5. The van der Waals surface area contributed by atoms with Gasteiger partial charge < -0.3 is 11.1 Å². The van der Waals surface area contributed by atoms with Crippen LogP contribution in [0.4, 0.5) is 0 Å². The van der Waals surface area contributed by atoms with Crippen molar-refractivity contribution in [2.75, 3.05) is 6.54 Å². The van der Waals surface area contributed by atoms with Crippen molar-refractivity contribution in [3.8, 4) is 0 Å². The molecule has 90 valence electrons. The largest absolute Gasteiger partial charge is 0.368 e. The Balaban J connectivity index is 2.70. The monoisotopic (exact) mass is 272 g/mol. The summed E-state index contributed by atoms with van der Waals surface area (Å²) in [6.07, 6.45) is 2.71. The molecule has 0 aromatic heterocycles. The van der Waals surface area contributed by atoms with E-state index in [1.54, 1.807) is 18.2 Å². The fourth-order valence-corrected chi connectivity index (χ4v) is 1.59. The zero-order valence-corrected chi connectivity index (χ0v) is 10.3. The average Bonchev–Trinajstić information content (AvgIpc) is 2.25. The Hall–Kier alpha value is -1.52. The number of amides is 2. The van der Waals surface area contributed by atoms with Crippen molar-refractivity contribution in [1.29, 1.82) is 0 Å². The molecular weight excluding hydrogens is 263 g/mol. The Labute approximate surface area is 108 Å². The van der Waals surface area contributed by atoms with Gasteiger partial charge in [-0.1, -0.05) is 29.3 Å². The van der Waals surface area contributed by atoms with E-state index in [-0.39, 0.29) is 6.54 Å². The Morgan fingerprint density at radius 3 is 2.41 bits per heavy atom. The van der Waals surface area contributed by atoms with E-state index in [1.807, 2.05) is 0 Å². The van der Waals surface area contributed by atoms with Crippen LogP contribution < -0.4 is 11.1 Å². The van der Waals surface area contributed by atoms with Crippen LogP contribution in [0, 0.1) is 0 Å². The summed E-state index contributed by atoms with van der Waals surface area (Å²) in [7, 11) is 0. The van der Waals surface area contributed by atoms with Gasteiger partial charge in [0.1, 0.15) is 0 Å². The molecule has 0 spiro atoms. The predicted molar refractivity (Wildman–Crippen MR) is 67.7 cm³/mol. The summed E-state index contributed by atoms with van der Waals surface area (Å²) in [5.41, 5.74) is 5.42. The number of primary amides is 1. The van der Waals surface area contributed by atoms with Gasteiger partial charge in [0.15, 0.2) is 0 Å². The zero-order valence-electron chi connectivity index (χ0n) is 8.74. The lowest BCUT2D eigenvalue weighted by molar-refractivity contribution is -0.122. The van der Waals surface area contributed by atoms with Gasteiger partial charge >= 0.3 is 0 Å². The van der Waals surface area contributed by atoms with Crippen molar-refractivity contribution < 1.29 is 9.59 Å². The van der Waals surface area contributed by atoms with Crippen LogP contribution in [0.5, 0.6) is 0 Å². The Kier molecular flexibility index (Phi) is 5.00. The van der Waals surface area contributed by atoms with Crippen molar-refractivity contribution >= 4 is 41.1 Å². The molecule has 2 amide bonds. The van der Waals surface area contributed by atoms with Crippen molar-refractivity contribution in [2.45, 2.75) is 0 Å². The highest BCUT2D eigenvalue weighted by Gasteiger charge is 2.03. The van der Waals surface area contributed by atoms with Gasteiger partial charge in [-0.2, -0.15) is 0 Å². The van der Waals surface area contributed by atoms with Gasteiger partial charge in [0.25, 0.3) is 0 Å². The first kappa shape index (κ1) is 13.5. The quantitative estimate of drug-likeness (QED) is 0.818. The molecule has 0 bridgehead atoms. The second kappa shape index (κ2) is 6.27. The minimum Gasteiger partial charge on any atom is -0.368 e. The zero-order chi connectivity index (χ0) is 12.8. The highest BCUT2D eigenvalue weighted by molar-refractivity contribution is 6.37. The number of halogens is 2. The van der Waals surface area contributed by atoms with E-state index in [1.165, 1.54) is 12.2 Å². The van der Waals surface area contributed by atoms with Crippen molar-refractivity contribution in [2.24, 2.45) is 5.73 Å². The van der Waals surface area contributed by atoms with E-state index in [2.05, 4.69) is 5.32 Å². The molecule has 1 aromatic rings. The van der Waals surface area contributed by atoms with Crippen molar-refractivity contribution in [3.63, 3.8) is 0 Å². The maximum Gasteiger partial charge on any atom is 0.244 e. The van der Waals surface area contributed by atoms with E-state index in [9.17, 15) is 9.59 Å². The van der Waals surface area contributed by atoms with E-state index in [4.69, 9.17) is 28.9 Å². The van der Waals surface area contributed by atoms with Crippen LogP contribution >= 0.6 is 23.2 Å². The van der Waals surface area contributed by atoms with E-state index in [0.717, 1.165) is 0 Å². The van der Waals surface area contributed by atoms with Gasteiger partial charge in [0.05, 0.1) is 6.54 Å². The molecule has 6 heteroatoms. The molecule has 0 fully saturated rings. The van der Waals surface area contributed by atoms with Crippen LogP contribution in [0.2, 0.25) is 10.0 Å². The lowest BCUT2D eigenvalue weighted by Gasteiger charge is -2.01. The molecule has 0 saturated heterocycles. The fraction of sp³-hybridized carbons (Fsp3) is 0.0909. The molecular formula is C11H10Cl2N2O2. The van der Waals surface area contributed by atoms with E-state index in [0.29, 0.717) is 15.6 Å². The molecule has 17 heavy (non-hydrogen) atoms. The second-order valence-corrected chi connectivity index (χ2v) is 3.97. The van der Waals surface area contributed by atoms with Gasteiger partial charge in [-0.25, -0.2) is 0 Å². The van der Waals surface area contributed by atoms with E-state index < -0.39 is 11.8 Å². The van der Waals surface area contributed by atoms with Gasteiger partial charge in [0.2, 0.25) is 11.8 Å². The molecule has 1 aromatic carbocycles. The van der Waals surface area contributed by atoms with Crippen LogP contribution in [0.15, 0.2) is 24.3 Å². The fourth-order valence-electron chi connectivity index (χ4n) is 1.06. The average molecular weight is 273 g/mol. The van der Waals surface area contributed by atoms with Crippen LogP contribution in [-0.4, -0.2) is 18.4 Å². The number of benzene rings is 1. The third-order valence-electron chi connectivity index (χ3n) is 1.84. The van der Waals surface area contributed by atoms with Crippen LogP contribution in [0.1, 0.15) is 5.56 Å². The van der Waals surface area contributed by atoms with E-state index >= 15 is 0 Å². The minimum atomic E-state index is -0.609. The lowest BCUT2D eigenvalue weighted by Crippen LogP contribution is -2.32. The van der Waals surface area contributed by atoms with Crippen LogP contribution in [0.3, 0.4) is 0 Å². The van der Waals surface area contributed by atoms with Crippen molar-refractivity contribution in [3.05, 3.63) is 39.9 Å². The highest BCUT2D eigenvalue weighted by atomic mass is 35.5. The standard InChI is InChI=1S/C11H10Cl2N2O2/c12-8-2-1-3-9(13)7(8)4-5-11(17)15-6-10(14)16/h1-5H,6H2,(H2,14,16)(H,15,17)/b5-4+. The molecule has 0 heterocycles. The van der Waals surface area contributed by atoms with Crippen LogP contribution in [0.25, 0.3) is 6.08 Å². The number of carbonyl (C=O) groups is 2. The minimum absolute atomic E-state index is 0.209. The highest BCUT2D eigenvalue weighted by Crippen LogP contribution is 2.25. The Morgan fingerprint density at radius 2 is 1.88 bits per heavy atom. The predicted octanol–water partition coefficient (Wildman–Crippen LogP) is 1.61. The topological polar surface area (TPSA) is 72.2 Å². The third-order valence-corrected chi connectivity index (χ3v) is 2.50. The van der Waals surface area contributed by atoms with Gasteiger partial charge in [0, 0.05) is 21.7 Å².